The third-order valence-electron chi connectivity index (χ3n) is 3.80. The lowest BCUT2D eigenvalue weighted by Gasteiger charge is -2.22. The summed E-state index contributed by atoms with van der Waals surface area (Å²) in [7, 11) is 1.68. The number of imidazole rings is 1. The number of methoxy groups -OCH3 is 1. The van der Waals surface area contributed by atoms with E-state index < -0.39 is 0 Å². The van der Waals surface area contributed by atoms with Crippen LogP contribution in [0.5, 0.6) is 5.75 Å². The number of ether oxygens (including phenoxy) is 1. The maximum atomic E-state index is 6.33. The van der Waals surface area contributed by atoms with Crippen LogP contribution in [0, 0.1) is 0 Å². The SMILES string of the molecule is COc1ccccc1-c1nc(Cl)c2n1CCCC2C. The summed E-state index contributed by atoms with van der Waals surface area (Å²) in [6.07, 6.45) is 2.35. The molecule has 1 aromatic heterocycles. The number of fused-ring (bicyclic) bond motifs is 1. The minimum atomic E-state index is 0.470. The van der Waals surface area contributed by atoms with E-state index in [9.17, 15) is 0 Å². The quantitative estimate of drug-likeness (QED) is 0.825. The van der Waals surface area contributed by atoms with Gasteiger partial charge in [-0.15, -0.1) is 0 Å². The zero-order valence-electron chi connectivity index (χ0n) is 11.2. The van der Waals surface area contributed by atoms with Crippen molar-refractivity contribution in [3.8, 4) is 17.1 Å². The number of halogens is 1. The maximum Gasteiger partial charge on any atom is 0.151 e. The van der Waals surface area contributed by atoms with Gasteiger partial charge in [0.25, 0.3) is 0 Å². The molecular formula is C15H17ClN2O. The second-order valence-corrected chi connectivity index (χ2v) is 5.36. The van der Waals surface area contributed by atoms with Crippen LogP contribution in [0.3, 0.4) is 0 Å². The fourth-order valence-corrected chi connectivity index (χ4v) is 3.23. The Hall–Kier alpha value is -1.48. The molecule has 0 N–H and O–H groups in total. The van der Waals surface area contributed by atoms with Gasteiger partial charge in [-0.1, -0.05) is 30.7 Å². The molecule has 0 saturated carbocycles. The molecule has 1 atom stereocenters. The molecule has 1 aromatic carbocycles. The van der Waals surface area contributed by atoms with Gasteiger partial charge in [0.15, 0.2) is 5.15 Å². The Morgan fingerprint density at radius 2 is 2.16 bits per heavy atom. The number of hydrogen-bond donors (Lipinski definition) is 0. The predicted octanol–water partition coefficient (Wildman–Crippen LogP) is 4.11. The zero-order valence-corrected chi connectivity index (χ0v) is 11.9. The number of aromatic nitrogens is 2. The highest BCUT2D eigenvalue weighted by molar-refractivity contribution is 6.30. The van der Waals surface area contributed by atoms with Gasteiger partial charge >= 0.3 is 0 Å². The van der Waals surface area contributed by atoms with Gasteiger partial charge in [0.05, 0.1) is 18.4 Å². The molecule has 0 amide bonds. The van der Waals surface area contributed by atoms with Crippen LogP contribution in [0.2, 0.25) is 5.15 Å². The molecule has 3 nitrogen and oxygen atoms in total. The monoisotopic (exact) mass is 276 g/mol. The van der Waals surface area contributed by atoms with Gasteiger partial charge in [0.2, 0.25) is 0 Å². The van der Waals surface area contributed by atoms with E-state index in [1.807, 2.05) is 24.3 Å². The maximum absolute atomic E-state index is 6.33. The normalized spacial score (nSPS) is 18.2. The largest absolute Gasteiger partial charge is 0.496 e. The molecule has 1 unspecified atom stereocenters. The van der Waals surface area contributed by atoms with E-state index in [0.29, 0.717) is 11.1 Å². The van der Waals surface area contributed by atoms with Gasteiger partial charge in [-0.05, 0) is 30.9 Å². The Bertz CT molecular complexity index is 606. The van der Waals surface area contributed by atoms with Crippen molar-refractivity contribution in [1.29, 1.82) is 0 Å². The number of nitrogens with zero attached hydrogens (tertiary/aromatic N) is 2. The van der Waals surface area contributed by atoms with Crippen molar-refractivity contribution in [3.05, 3.63) is 35.1 Å². The molecule has 0 bridgehead atoms. The lowest BCUT2D eigenvalue weighted by Crippen LogP contribution is -2.14. The van der Waals surface area contributed by atoms with Crippen molar-refractivity contribution in [2.24, 2.45) is 0 Å². The molecule has 2 aromatic rings. The molecule has 0 fully saturated rings. The van der Waals surface area contributed by atoms with Gasteiger partial charge < -0.3 is 9.30 Å². The summed E-state index contributed by atoms with van der Waals surface area (Å²) >= 11 is 6.33. The highest BCUT2D eigenvalue weighted by Gasteiger charge is 2.25. The van der Waals surface area contributed by atoms with Crippen LogP contribution < -0.4 is 4.74 Å². The summed E-state index contributed by atoms with van der Waals surface area (Å²) in [5.41, 5.74) is 2.17. The van der Waals surface area contributed by atoms with Crippen LogP contribution in [0.1, 0.15) is 31.4 Å². The van der Waals surface area contributed by atoms with Gasteiger partial charge in [-0.2, -0.15) is 0 Å². The first-order chi connectivity index (χ1) is 9.22. The van der Waals surface area contributed by atoms with E-state index in [4.69, 9.17) is 16.3 Å². The van der Waals surface area contributed by atoms with Gasteiger partial charge in [0, 0.05) is 6.54 Å². The molecule has 2 heterocycles. The summed E-state index contributed by atoms with van der Waals surface area (Å²) in [5, 5.41) is 0.633. The van der Waals surface area contributed by atoms with Crippen molar-refractivity contribution in [1.82, 2.24) is 9.55 Å². The highest BCUT2D eigenvalue weighted by Crippen LogP contribution is 2.38. The molecule has 100 valence electrons. The molecule has 0 aliphatic carbocycles. The molecule has 4 heteroatoms. The summed E-state index contributed by atoms with van der Waals surface area (Å²) in [4.78, 5) is 4.57. The molecule has 19 heavy (non-hydrogen) atoms. The third-order valence-corrected chi connectivity index (χ3v) is 4.07. The summed E-state index contributed by atoms with van der Waals surface area (Å²) < 4.78 is 7.67. The second-order valence-electron chi connectivity index (χ2n) is 5.01. The van der Waals surface area contributed by atoms with E-state index in [2.05, 4.69) is 16.5 Å². The van der Waals surface area contributed by atoms with Gasteiger partial charge in [-0.3, -0.25) is 0 Å². The molecular weight excluding hydrogens is 260 g/mol. The Balaban J connectivity index is 2.19. The van der Waals surface area contributed by atoms with Crippen molar-refractivity contribution in [2.75, 3.05) is 7.11 Å². The lowest BCUT2D eigenvalue weighted by atomic mass is 9.98. The average molecular weight is 277 g/mol. The van der Waals surface area contributed by atoms with Crippen molar-refractivity contribution < 1.29 is 4.74 Å². The minimum absolute atomic E-state index is 0.470. The Morgan fingerprint density at radius 1 is 1.37 bits per heavy atom. The molecule has 1 aliphatic heterocycles. The van der Waals surface area contributed by atoms with E-state index in [1.165, 1.54) is 12.8 Å². The van der Waals surface area contributed by atoms with Crippen molar-refractivity contribution in [3.63, 3.8) is 0 Å². The van der Waals surface area contributed by atoms with Crippen LogP contribution in [0.25, 0.3) is 11.4 Å². The average Bonchev–Trinajstić information content (AvgIpc) is 2.77. The van der Waals surface area contributed by atoms with E-state index in [1.54, 1.807) is 7.11 Å². The zero-order chi connectivity index (χ0) is 13.4. The third kappa shape index (κ3) is 2.02. The van der Waals surface area contributed by atoms with Crippen LogP contribution in [-0.2, 0) is 6.54 Å². The van der Waals surface area contributed by atoms with E-state index in [-0.39, 0.29) is 0 Å². The number of para-hydroxylation sites is 1. The first-order valence-electron chi connectivity index (χ1n) is 6.61. The molecule has 1 aliphatic rings. The van der Waals surface area contributed by atoms with E-state index >= 15 is 0 Å². The fourth-order valence-electron chi connectivity index (χ4n) is 2.86. The smallest absolute Gasteiger partial charge is 0.151 e. The first kappa shape index (κ1) is 12.5. The van der Waals surface area contributed by atoms with Crippen molar-refractivity contribution >= 4 is 11.6 Å². The highest BCUT2D eigenvalue weighted by atomic mass is 35.5. The van der Waals surface area contributed by atoms with E-state index in [0.717, 1.165) is 29.4 Å². The fraction of sp³-hybridized carbons (Fsp3) is 0.400. The van der Waals surface area contributed by atoms with Crippen molar-refractivity contribution in [2.45, 2.75) is 32.2 Å². The minimum Gasteiger partial charge on any atom is -0.496 e. The van der Waals surface area contributed by atoms with Gasteiger partial charge in [-0.25, -0.2) is 4.98 Å². The predicted molar refractivity (Wildman–Crippen MR) is 76.9 cm³/mol. The Morgan fingerprint density at radius 3 is 2.95 bits per heavy atom. The lowest BCUT2D eigenvalue weighted by molar-refractivity contribution is 0.415. The topological polar surface area (TPSA) is 27.1 Å². The second kappa shape index (κ2) is 4.89. The van der Waals surface area contributed by atoms with Crippen LogP contribution in [0.4, 0.5) is 0 Å². The Labute approximate surface area is 118 Å². The standard InChI is InChI=1S/C15H17ClN2O/c1-10-6-5-9-18-13(10)14(16)17-15(18)11-7-3-4-8-12(11)19-2/h3-4,7-8,10H,5-6,9H2,1-2H3. The molecule has 3 rings (SSSR count). The molecule has 0 radical (unpaired) electrons. The first-order valence-corrected chi connectivity index (χ1v) is 6.99. The van der Waals surface area contributed by atoms with Crippen LogP contribution in [0.15, 0.2) is 24.3 Å². The number of benzene rings is 1. The summed E-state index contributed by atoms with van der Waals surface area (Å²) in [6.45, 7) is 3.19. The number of hydrogen-bond acceptors (Lipinski definition) is 2. The molecule has 0 spiro atoms. The Kier molecular flexibility index (Phi) is 3.23. The number of rotatable bonds is 2. The summed E-state index contributed by atoms with van der Waals surface area (Å²) in [6, 6.07) is 7.95. The van der Waals surface area contributed by atoms with Gasteiger partial charge in [0.1, 0.15) is 11.6 Å². The van der Waals surface area contributed by atoms with Crippen LogP contribution in [-0.4, -0.2) is 16.7 Å². The summed E-state index contributed by atoms with van der Waals surface area (Å²) in [5.74, 6) is 2.23. The molecule has 0 saturated heterocycles. The van der Waals surface area contributed by atoms with Crippen LogP contribution >= 0.6 is 11.6 Å².